The van der Waals surface area contributed by atoms with Crippen LogP contribution in [0.4, 0.5) is 24.2 Å². The maximum atomic E-state index is 17.6. The molecular weight excluding hydrogens is 881 g/mol. The van der Waals surface area contributed by atoms with Crippen LogP contribution in [0.3, 0.4) is 0 Å². The molecule has 15 nitrogen and oxygen atoms in total. The zero-order chi connectivity index (χ0) is 47.8. The van der Waals surface area contributed by atoms with E-state index in [1.165, 1.54) is 13.2 Å². The number of anilines is 1. The third kappa shape index (κ3) is 11.0. The number of amides is 2. The van der Waals surface area contributed by atoms with E-state index in [-0.39, 0.29) is 73.1 Å². The first-order chi connectivity index (χ1) is 31.9. The summed E-state index contributed by atoms with van der Waals surface area (Å²) in [5.41, 5.74) is 0.123. The van der Waals surface area contributed by atoms with Crippen LogP contribution in [-0.2, 0) is 25.4 Å². The van der Waals surface area contributed by atoms with Crippen molar-refractivity contribution < 1.29 is 46.8 Å². The second-order valence-corrected chi connectivity index (χ2v) is 26.3. The summed E-state index contributed by atoms with van der Waals surface area (Å²) < 4.78 is 68.4. The maximum absolute atomic E-state index is 17.6. The van der Waals surface area contributed by atoms with Crippen LogP contribution in [-0.4, -0.2) is 153 Å². The average molecular weight is 948 g/mol. The van der Waals surface area contributed by atoms with Crippen molar-refractivity contribution in [3.63, 3.8) is 0 Å². The van der Waals surface area contributed by atoms with Crippen LogP contribution in [0.1, 0.15) is 65.4 Å². The van der Waals surface area contributed by atoms with Crippen molar-refractivity contribution in [3.8, 4) is 23.0 Å². The van der Waals surface area contributed by atoms with Gasteiger partial charge in [0.05, 0.1) is 36.3 Å². The Morgan fingerprint density at radius 3 is 2.33 bits per heavy atom. The minimum atomic E-state index is -1.30. The smallest absolute Gasteiger partial charge is 0.410 e. The molecule has 2 aromatic carbocycles. The molecule has 67 heavy (non-hydrogen) atoms. The summed E-state index contributed by atoms with van der Waals surface area (Å²) in [6, 6.07) is 7.11. The van der Waals surface area contributed by atoms with Gasteiger partial charge in [-0.05, 0) is 107 Å². The maximum Gasteiger partial charge on any atom is 0.410 e. The fourth-order valence-electron chi connectivity index (χ4n) is 9.91. The third-order valence-electron chi connectivity index (χ3n) is 13.3. The number of pyridine rings is 1. The van der Waals surface area contributed by atoms with Crippen LogP contribution < -0.4 is 14.4 Å². The molecule has 364 valence electrons. The van der Waals surface area contributed by atoms with Gasteiger partial charge in [0.1, 0.15) is 40.8 Å². The number of methoxy groups -OCH3 is 1. The Hall–Kier alpha value is -4.91. The molecule has 4 fully saturated rings. The molecule has 4 atom stereocenters. The highest BCUT2D eigenvalue weighted by Gasteiger charge is 2.45. The van der Waals surface area contributed by atoms with Gasteiger partial charge in [0.2, 0.25) is 0 Å². The largest absolute Gasteiger partial charge is 0.468 e. The monoisotopic (exact) mass is 947 g/mol. The SMILES string of the molecule is CCc1c(F)ccc2cc(OCOC)cc(-c3ncc4c(N5CC6CCC(C5)N6C(=O)OC(C)(C)C)nc(OC[C@@H]5C[C@@H](OC6CCN(C(=O)OCC[Si](C)(C)C)CC6)CN5C)nc4c3F)c12. The van der Waals surface area contributed by atoms with Crippen LogP contribution >= 0.6 is 0 Å². The second-order valence-electron chi connectivity index (χ2n) is 20.7. The number of fused-ring (bicyclic) bond motifs is 4. The number of nitrogens with zero attached hydrogens (tertiary/aromatic N) is 7. The first kappa shape index (κ1) is 48.5. The number of rotatable bonds is 14. The highest BCUT2D eigenvalue weighted by Crippen LogP contribution is 2.41. The van der Waals surface area contributed by atoms with Crippen molar-refractivity contribution in [1.82, 2.24) is 29.7 Å². The van der Waals surface area contributed by atoms with E-state index < -0.39 is 25.3 Å². The topological polar surface area (TPSA) is 141 Å². The van der Waals surface area contributed by atoms with Crippen molar-refractivity contribution in [3.05, 3.63) is 47.7 Å². The van der Waals surface area contributed by atoms with Crippen LogP contribution in [0.25, 0.3) is 32.9 Å². The van der Waals surface area contributed by atoms with Gasteiger partial charge in [-0.15, -0.1) is 0 Å². The molecule has 4 saturated heterocycles. The van der Waals surface area contributed by atoms with Gasteiger partial charge < -0.3 is 38.2 Å². The Labute approximate surface area is 393 Å². The van der Waals surface area contributed by atoms with E-state index in [9.17, 15) is 9.59 Å². The Balaban J connectivity index is 1.05. The summed E-state index contributed by atoms with van der Waals surface area (Å²) in [5.74, 6) is -0.252. The van der Waals surface area contributed by atoms with Crippen LogP contribution in [0.5, 0.6) is 11.8 Å². The highest BCUT2D eigenvalue weighted by atomic mass is 28.3. The summed E-state index contributed by atoms with van der Waals surface area (Å²) in [6.07, 6.45) is 5.10. The van der Waals surface area contributed by atoms with Crippen molar-refractivity contribution in [1.29, 1.82) is 0 Å². The van der Waals surface area contributed by atoms with Gasteiger partial charge in [-0.25, -0.2) is 18.4 Å². The number of hydrogen-bond acceptors (Lipinski definition) is 13. The number of halogens is 2. The van der Waals surface area contributed by atoms with Gasteiger partial charge in [0, 0.05) is 65.7 Å². The Morgan fingerprint density at radius 2 is 1.66 bits per heavy atom. The van der Waals surface area contributed by atoms with Crippen molar-refractivity contribution >= 4 is 47.8 Å². The Bertz CT molecular complexity index is 2430. The lowest BCUT2D eigenvalue weighted by Crippen LogP contribution is -2.57. The van der Waals surface area contributed by atoms with Gasteiger partial charge in [-0.1, -0.05) is 32.6 Å². The quantitative estimate of drug-likeness (QED) is 0.0881. The lowest BCUT2D eigenvalue weighted by molar-refractivity contribution is -0.0357. The molecule has 0 aliphatic carbocycles. The first-order valence-corrected chi connectivity index (χ1v) is 27.5. The van der Waals surface area contributed by atoms with Gasteiger partial charge in [0.15, 0.2) is 12.6 Å². The average Bonchev–Trinajstić information content (AvgIpc) is 3.76. The molecule has 0 N–H and O–H groups in total. The van der Waals surface area contributed by atoms with E-state index in [0.717, 1.165) is 31.7 Å². The van der Waals surface area contributed by atoms with E-state index in [2.05, 4.69) is 29.4 Å². The number of carbonyl (C=O) groups is 2. The number of likely N-dealkylation sites (tertiary alicyclic amines) is 2. The van der Waals surface area contributed by atoms with E-state index in [4.69, 9.17) is 43.4 Å². The number of carbonyl (C=O) groups excluding carboxylic acids is 2. The molecule has 6 heterocycles. The number of piperidine rings is 1. The first-order valence-electron chi connectivity index (χ1n) is 23.8. The number of aryl methyl sites for hydroxylation is 1. The Kier molecular flexibility index (Phi) is 14.5. The fourth-order valence-corrected chi connectivity index (χ4v) is 10.6. The van der Waals surface area contributed by atoms with Crippen LogP contribution in [0.15, 0.2) is 30.5 Å². The summed E-state index contributed by atoms with van der Waals surface area (Å²) in [6.45, 7) is 17.7. The van der Waals surface area contributed by atoms with Gasteiger partial charge >= 0.3 is 18.2 Å². The predicted molar refractivity (Wildman–Crippen MR) is 255 cm³/mol. The van der Waals surface area contributed by atoms with Gasteiger partial charge in [-0.2, -0.15) is 9.97 Å². The summed E-state index contributed by atoms with van der Waals surface area (Å²) >= 11 is 0. The zero-order valence-corrected chi connectivity index (χ0v) is 41.5. The normalized spacial score (nSPS) is 21.7. The molecule has 0 spiro atoms. The van der Waals surface area contributed by atoms with Gasteiger partial charge in [0.25, 0.3) is 0 Å². The number of ether oxygens (including phenoxy) is 6. The summed E-state index contributed by atoms with van der Waals surface area (Å²) in [5, 5.41) is 1.57. The van der Waals surface area contributed by atoms with Gasteiger partial charge in [-0.3, -0.25) is 14.8 Å². The molecule has 4 aromatic rings. The highest BCUT2D eigenvalue weighted by molar-refractivity contribution is 6.76. The molecule has 0 radical (unpaired) electrons. The standard InChI is InChI=1S/C49H67F2N7O8Si/c1-10-37-40(50)14-11-30-21-35(64-29-61-6)23-38(41(30)37)43-42(51)44-39(24-52-43)45(57-25-31-12-13-32(26-57)58(31)48(60)66-49(2,3)4)54-46(53-44)63-28-33-22-36(27-55(33)5)65-34-15-17-56(18-16-34)47(59)62-19-20-67(7,8)9/h11,14,21,23-24,31-34,36H,10,12-13,15-20,22,25-29H2,1-9H3/t31?,32?,33-,36+/m0/s1. The van der Waals surface area contributed by atoms with Crippen molar-refractivity contribution in [2.45, 2.75) is 128 Å². The molecule has 2 aromatic heterocycles. The minimum absolute atomic E-state index is 0.00432. The molecular formula is C49H67F2N7O8Si. The number of piperazine rings is 1. The van der Waals surface area contributed by atoms with E-state index >= 15 is 8.78 Å². The third-order valence-corrected chi connectivity index (χ3v) is 15.0. The number of benzene rings is 2. The number of hydrogen-bond donors (Lipinski definition) is 0. The van der Waals surface area contributed by atoms with E-state index in [1.54, 1.807) is 29.3 Å². The molecule has 0 saturated carbocycles. The molecule has 18 heteroatoms. The number of likely N-dealkylation sites (N-methyl/N-ethyl adjacent to an activating group) is 1. The molecule has 8 rings (SSSR count). The van der Waals surface area contributed by atoms with Crippen molar-refractivity contribution in [2.75, 3.05) is 71.8 Å². The Morgan fingerprint density at radius 1 is 0.925 bits per heavy atom. The van der Waals surface area contributed by atoms with Crippen LogP contribution in [0, 0.1) is 11.6 Å². The van der Waals surface area contributed by atoms with Crippen molar-refractivity contribution in [2.24, 2.45) is 0 Å². The minimum Gasteiger partial charge on any atom is -0.468 e. The number of aromatic nitrogens is 3. The van der Waals surface area contributed by atoms with E-state index in [0.29, 0.717) is 91.0 Å². The predicted octanol–water partition coefficient (Wildman–Crippen LogP) is 8.66. The summed E-state index contributed by atoms with van der Waals surface area (Å²) in [7, 11) is 2.25. The molecule has 2 amide bonds. The summed E-state index contributed by atoms with van der Waals surface area (Å²) in [4.78, 5) is 48.4. The zero-order valence-electron chi connectivity index (χ0n) is 40.5. The fraction of sp³-hybridized carbons (Fsp3) is 0.612. The molecule has 2 unspecified atom stereocenters. The lowest BCUT2D eigenvalue weighted by atomic mass is 9.94. The molecule has 4 aliphatic rings. The lowest BCUT2D eigenvalue weighted by Gasteiger charge is -2.42. The second kappa shape index (κ2) is 20.0. The molecule has 2 bridgehead atoms. The van der Waals surface area contributed by atoms with E-state index in [1.807, 2.05) is 39.6 Å². The van der Waals surface area contributed by atoms with Crippen LogP contribution in [0.2, 0.25) is 25.7 Å². The molecule has 4 aliphatic heterocycles.